The van der Waals surface area contributed by atoms with E-state index in [1.54, 1.807) is 27.7 Å². The van der Waals surface area contributed by atoms with E-state index >= 15 is 0 Å². The minimum Gasteiger partial charge on any atom is -0.480 e. The van der Waals surface area contributed by atoms with Gasteiger partial charge in [0, 0.05) is 6.42 Å². The highest BCUT2D eigenvalue weighted by molar-refractivity contribution is 5.84. The van der Waals surface area contributed by atoms with Crippen LogP contribution < -0.4 is 11.1 Å². The number of nitrogens with one attached hydrogen (secondary N) is 1. The lowest BCUT2D eigenvalue weighted by Crippen LogP contribution is -2.50. The van der Waals surface area contributed by atoms with E-state index < -0.39 is 41.6 Å². The summed E-state index contributed by atoms with van der Waals surface area (Å²) < 4.78 is 5.24. The third kappa shape index (κ3) is 9.54. The lowest BCUT2D eigenvalue weighted by Gasteiger charge is -2.27. The molecule has 0 saturated heterocycles. The lowest BCUT2D eigenvalue weighted by atomic mass is 9.91. The highest BCUT2D eigenvalue weighted by Gasteiger charge is 2.30. The second-order valence-electron chi connectivity index (χ2n) is 8.34. The van der Waals surface area contributed by atoms with E-state index in [1.807, 2.05) is 30.3 Å². The molecular formula is C21H32N2O6. The molecule has 0 radical (unpaired) electrons. The molecule has 1 unspecified atom stereocenters. The number of carbonyl (C=O) groups excluding carboxylic acids is 2. The summed E-state index contributed by atoms with van der Waals surface area (Å²) in [5, 5.41) is 22.1. The molecule has 1 aromatic rings. The van der Waals surface area contributed by atoms with Crippen LogP contribution in [0.15, 0.2) is 30.3 Å². The molecule has 162 valence electrons. The Morgan fingerprint density at radius 1 is 1.17 bits per heavy atom. The SMILES string of the molecule is CC(CC(=O)[C@@H](O)[C@@H](Cc1ccccc1)NC(=O)OC(C)(C)C)C[C@H](N)C(=O)O. The van der Waals surface area contributed by atoms with Crippen molar-refractivity contribution >= 4 is 17.8 Å². The monoisotopic (exact) mass is 408 g/mol. The predicted molar refractivity (Wildman–Crippen MR) is 108 cm³/mol. The molecule has 4 atom stereocenters. The molecule has 8 heteroatoms. The van der Waals surface area contributed by atoms with Gasteiger partial charge in [-0.15, -0.1) is 0 Å². The van der Waals surface area contributed by atoms with E-state index in [9.17, 15) is 19.5 Å². The first kappa shape index (κ1) is 24.6. The summed E-state index contributed by atoms with van der Waals surface area (Å²) in [6.07, 6.45) is -1.91. The fourth-order valence-electron chi connectivity index (χ4n) is 2.87. The Morgan fingerprint density at radius 2 is 1.76 bits per heavy atom. The number of hydrogen-bond acceptors (Lipinski definition) is 6. The number of rotatable bonds is 10. The summed E-state index contributed by atoms with van der Waals surface area (Å²) in [5.41, 5.74) is 5.62. The molecule has 29 heavy (non-hydrogen) atoms. The van der Waals surface area contributed by atoms with Crippen molar-refractivity contribution in [2.75, 3.05) is 0 Å². The summed E-state index contributed by atoms with van der Waals surface area (Å²) in [6.45, 7) is 6.84. The second-order valence-corrected chi connectivity index (χ2v) is 8.34. The maximum Gasteiger partial charge on any atom is 0.407 e. The normalized spacial score (nSPS) is 15.7. The molecule has 0 aliphatic carbocycles. The molecule has 0 fully saturated rings. The van der Waals surface area contributed by atoms with Crippen molar-refractivity contribution in [1.82, 2.24) is 5.32 Å². The maximum atomic E-state index is 12.6. The van der Waals surface area contributed by atoms with Crippen LogP contribution in [0.4, 0.5) is 4.79 Å². The topological polar surface area (TPSA) is 139 Å². The smallest absolute Gasteiger partial charge is 0.407 e. The predicted octanol–water partition coefficient (Wildman–Crippen LogP) is 1.88. The molecular weight excluding hydrogens is 376 g/mol. The Bertz CT molecular complexity index is 686. The number of ether oxygens (including phenoxy) is 1. The molecule has 5 N–H and O–H groups in total. The van der Waals surface area contributed by atoms with Gasteiger partial charge in [-0.1, -0.05) is 37.3 Å². The molecule has 8 nitrogen and oxygen atoms in total. The number of aliphatic carboxylic acids is 1. The van der Waals surface area contributed by atoms with Crippen LogP contribution in [0.5, 0.6) is 0 Å². The molecule has 1 amide bonds. The quantitative estimate of drug-likeness (QED) is 0.463. The third-order valence-corrected chi connectivity index (χ3v) is 4.23. The summed E-state index contributed by atoms with van der Waals surface area (Å²) in [5.74, 6) is -1.97. The average Bonchev–Trinajstić information content (AvgIpc) is 2.59. The van der Waals surface area contributed by atoms with Gasteiger partial charge in [-0.05, 0) is 45.1 Å². The number of aliphatic hydroxyl groups is 1. The third-order valence-electron chi connectivity index (χ3n) is 4.23. The standard InChI is InChI=1S/C21H32N2O6/c1-13(10-15(22)19(26)27)11-17(24)18(25)16(12-14-8-6-5-7-9-14)23-20(28)29-21(2,3)4/h5-9,13,15-16,18,25H,10-12,22H2,1-4H3,(H,23,28)(H,26,27)/t13?,15-,16+,18-/m0/s1. The molecule has 0 aliphatic rings. The van der Waals surface area contributed by atoms with Gasteiger partial charge in [0.25, 0.3) is 0 Å². The van der Waals surface area contributed by atoms with Gasteiger partial charge in [0.05, 0.1) is 6.04 Å². The van der Waals surface area contributed by atoms with Crippen LogP contribution >= 0.6 is 0 Å². The number of benzene rings is 1. The highest BCUT2D eigenvalue weighted by atomic mass is 16.6. The molecule has 1 rings (SSSR count). The summed E-state index contributed by atoms with van der Waals surface area (Å²) in [4.78, 5) is 35.6. The number of carboxylic acid groups (broad SMARTS) is 1. The highest BCUT2D eigenvalue weighted by Crippen LogP contribution is 2.16. The Kier molecular flexibility index (Phi) is 9.26. The Morgan fingerprint density at radius 3 is 2.28 bits per heavy atom. The Hall–Kier alpha value is -2.45. The van der Waals surface area contributed by atoms with Gasteiger partial charge in [0.1, 0.15) is 17.7 Å². The van der Waals surface area contributed by atoms with Gasteiger partial charge in [-0.3, -0.25) is 9.59 Å². The van der Waals surface area contributed by atoms with Crippen LogP contribution in [-0.4, -0.2) is 51.8 Å². The number of carboxylic acids is 1. The average molecular weight is 408 g/mol. The zero-order chi connectivity index (χ0) is 22.2. The van der Waals surface area contributed by atoms with E-state index in [0.717, 1.165) is 5.56 Å². The van der Waals surface area contributed by atoms with Crippen LogP contribution in [0.1, 0.15) is 46.1 Å². The Labute approximate surface area is 171 Å². The second kappa shape index (κ2) is 10.9. The number of alkyl carbamates (subject to hydrolysis) is 1. The van der Waals surface area contributed by atoms with Crippen LogP contribution in [0, 0.1) is 5.92 Å². The van der Waals surface area contributed by atoms with E-state index in [4.69, 9.17) is 15.6 Å². The molecule has 0 aromatic heterocycles. The number of Topliss-reactive ketones (excluding diaryl/α,β-unsaturated/α-hetero) is 1. The van der Waals surface area contributed by atoms with Crippen molar-refractivity contribution in [2.24, 2.45) is 11.7 Å². The first-order valence-electron chi connectivity index (χ1n) is 9.61. The minimum absolute atomic E-state index is 0.0521. The number of aliphatic hydroxyl groups excluding tert-OH is 1. The first-order chi connectivity index (χ1) is 13.4. The van der Waals surface area contributed by atoms with Gasteiger partial charge < -0.3 is 26.0 Å². The zero-order valence-electron chi connectivity index (χ0n) is 17.4. The van der Waals surface area contributed by atoms with Gasteiger partial charge >= 0.3 is 12.1 Å². The minimum atomic E-state index is -1.47. The van der Waals surface area contributed by atoms with Crippen LogP contribution in [0.3, 0.4) is 0 Å². The van der Waals surface area contributed by atoms with E-state index in [-0.39, 0.29) is 25.2 Å². The van der Waals surface area contributed by atoms with Crippen molar-refractivity contribution in [2.45, 2.75) is 70.7 Å². The van der Waals surface area contributed by atoms with Crippen LogP contribution in [0.25, 0.3) is 0 Å². The van der Waals surface area contributed by atoms with E-state index in [2.05, 4.69) is 5.32 Å². The fraction of sp³-hybridized carbons (Fsp3) is 0.571. The van der Waals surface area contributed by atoms with Gasteiger partial charge in [0.15, 0.2) is 5.78 Å². The largest absolute Gasteiger partial charge is 0.480 e. The summed E-state index contributed by atoms with van der Waals surface area (Å²) in [6, 6.07) is 7.18. The van der Waals surface area contributed by atoms with Gasteiger partial charge in [-0.2, -0.15) is 0 Å². The van der Waals surface area contributed by atoms with Gasteiger partial charge in [-0.25, -0.2) is 4.79 Å². The van der Waals surface area contributed by atoms with Gasteiger partial charge in [0.2, 0.25) is 0 Å². The summed E-state index contributed by atoms with van der Waals surface area (Å²) >= 11 is 0. The van der Waals surface area contributed by atoms with E-state index in [0.29, 0.717) is 0 Å². The number of amides is 1. The number of ketones is 1. The molecule has 0 heterocycles. The maximum absolute atomic E-state index is 12.6. The number of carbonyl (C=O) groups is 3. The lowest BCUT2D eigenvalue weighted by molar-refractivity contribution is -0.139. The fourth-order valence-corrected chi connectivity index (χ4v) is 2.87. The molecule has 0 bridgehead atoms. The van der Waals surface area contributed by atoms with Crippen molar-refractivity contribution in [3.05, 3.63) is 35.9 Å². The van der Waals surface area contributed by atoms with E-state index in [1.165, 1.54) is 0 Å². The van der Waals surface area contributed by atoms with Crippen molar-refractivity contribution < 1.29 is 29.3 Å². The van der Waals surface area contributed by atoms with Crippen LogP contribution in [-0.2, 0) is 20.7 Å². The van der Waals surface area contributed by atoms with Crippen LogP contribution in [0.2, 0.25) is 0 Å². The van der Waals surface area contributed by atoms with Crippen molar-refractivity contribution in [1.29, 1.82) is 0 Å². The molecule has 1 aromatic carbocycles. The van der Waals surface area contributed by atoms with Crippen molar-refractivity contribution in [3.63, 3.8) is 0 Å². The molecule has 0 aliphatic heterocycles. The zero-order valence-corrected chi connectivity index (χ0v) is 17.4. The van der Waals surface area contributed by atoms with Crippen molar-refractivity contribution in [3.8, 4) is 0 Å². The molecule has 0 spiro atoms. The first-order valence-corrected chi connectivity index (χ1v) is 9.61. The molecule has 0 saturated carbocycles. The Balaban J connectivity index is 2.85. The number of nitrogens with two attached hydrogens (primary N) is 1. The number of hydrogen-bond donors (Lipinski definition) is 4. The summed E-state index contributed by atoms with van der Waals surface area (Å²) in [7, 11) is 0.